The summed E-state index contributed by atoms with van der Waals surface area (Å²) in [5.74, 6) is 2.58. The minimum Gasteiger partial charge on any atom is -0.466 e. The lowest BCUT2D eigenvalue weighted by molar-refractivity contribution is 0.505. The van der Waals surface area contributed by atoms with Gasteiger partial charge in [-0.1, -0.05) is 0 Å². The molecule has 17 heavy (non-hydrogen) atoms. The Bertz CT molecular complexity index is 694. The molecule has 0 radical (unpaired) electrons. The van der Waals surface area contributed by atoms with Crippen LogP contribution in [0.3, 0.4) is 0 Å². The minimum atomic E-state index is 0.740. The fraction of sp³-hybridized carbons (Fsp3) is 0.231. The van der Waals surface area contributed by atoms with Gasteiger partial charge in [0, 0.05) is 6.20 Å². The maximum atomic E-state index is 5.51. The molecule has 0 spiro atoms. The number of furan rings is 1. The number of aromatic amines is 1. The number of nitrogens with one attached hydrogen (secondary N) is 1. The smallest absolute Gasteiger partial charge is 0.178 e. The normalized spacial score (nSPS) is 11.2. The Morgan fingerprint density at radius 2 is 2.00 bits per heavy atom. The number of H-pyrrole nitrogens is 1. The van der Waals surface area contributed by atoms with E-state index in [-0.39, 0.29) is 0 Å². The molecule has 0 saturated heterocycles. The second-order valence-electron chi connectivity index (χ2n) is 4.30. The predicted octanol–water partition coefficient (Wildman–Crippen LogP) is 3.14. The van der Waals surface area contributed by atoms with Crippen molar-refractivity contribution in [1.29, 1.82) is 0 Å². The van der Waals surface area contributed by atoms with Gasteiger partial charge < -0.3 is 9.40 Å². The Balaban J connectivity index is 2.21. The lowest BCUT2D eigenvalue weighted by Crippen LogP contribution is -1.79. The molecule has 0 bridgehead atoms. The number of nitrogens with zero attached hydrogens (tertiary/aromatic N) is 2. The average molecular weight is 227 g/mol. The van der Waals surface area contributed by atoms with Crippen LogP contribution in [0.5, 0.6) is 0 Å². The highest BCUT2D eigenvalue weighted by molar-refractivity contribution is 5.76. The summed E-state index contributed by atoms with van der Waals surface area (Å²) in [6.07, 6.45) is 1.82. The van der Waals surface area contributed by atoms with Crippen molar-refractivity contribution in [3.8, 4) is 11.4 Å². The molecule has 4 nitrogen and oxygen atoms in total. The summed E-state index contributed by atoms with van der Waals surface area (Å²) in [5, 5.41) is 0. The van der Waals surface area contributed by atoms with E-state index in [4.69, 9.17) is 4.42 Å². The number of aryl methyl sites for hydroxylation is 3. The molecule has 0 amide bonds. The Kier molecular flexibility index (Phi) is 2.04. The van der Waals surface area contributed by atoms with Crippen LogP contribution >= 0.6 is 0 Å². The van der Waals surface area contributed by atoms with Gasteiger partial charge in [0.05, 0.1) is 11.1 Å². The molecule has 0 aliphatic rings. The number of pyridine rings is 1. The summed E-state index contributed by atoms with van der Waals surface area (Å²) >= 11 is 0. The van der Waals surface area contributed by atoms with Crippen molar-refractivity contribution in [2.24, 2.45) is 0 Å². The van der Waals surface area contributed by atoms with E-state index in [9.17, 15) is 0 Å². The molecule has 0 aliphatic heterocycles. The Labute approximate surface area is 98.7 Å². The number of hydrogen-bond acceptors (Lipinski definition) is 3. The first-order chi connectivity index (χ1) is 8.13. The van der Waals surface area contributed by atoms with E-state index in [0.29, 0.717) is 0 Å². The van der Waals surface area contributed by atoms with Gasteiger partial charge in [0.2, 0.25) is 0 Å². The Morgan fingerprint density at radius 3 is 2.71 bits per heavy atom. The highest BCUT2D eigenvalue weighted by atomic mass is 16.3. The maximum Gasteiger partial charge on any atom is 0.178 e. The zero-order valence-electron chi connectivity index (χ0n) is 10.0. The van der Waals surface area contributed by atoms with E-state index < -0.39 is 0 Å². The molecule has 0 unspecified atom stereocenters. The van der Waals surface area contributed by atoms with E-state index in [2.05, 4.69) is 15.0 Å². The third-order valence-electron chi connectivity index (χ3n) is 2.77. The molecule has 0 fully saturated rings. The van der Waals surface area contributed by atoms with Gasteiger partial charge in [-0.2, -0.15) is 0 Å². The molecule has 0 atom stereocenters. The average Bonchev–Trinajstić information content (AvgIpc) is 2.80. The fourth-order valence-electron chi connectivity index (χ4n) is 2.00. The number of rotatable bonds is 1. The van der Waals surface area contributed by atoms with Gasteiger partial charge in [0.15, 0.2) is 5.65 Å². The van der Waals surface area contributed by atoms with Crippen molar-refractivity contribution in [3.63, 3.8) is 0 Å². The zero-order valence-corrected chi connectivity index (χ0v) is 10.0. The third kappa shape index (κ3) is 1.62. The van der Waals surface area contributed by atoms with Gasteiger partial charge in [-0.05, 0) is 38.5 Å². The second kappa shape index (κ2) is 3.45. The van der Waals surface area contributed by atoms with E-state index in [0.717, 1.165) is 39.6 Å². The highest BCUT2D eigenvalue weighted by Crippen LogP contribution is 2.25. The van der Waals surface area contributed by atoms with Gasteiger partial charge >= 0.3 is 0 Å². The summed E-state index contributed by atoms with van der Waals surface area (Å²) in [5.41, 5.74) is 3.81. The van der Waals surface area contributed by atoms with Crippen LogP contribution in [-0.2, 0) is 0 Å². The molecule has 0 aliphatic carbocycles. The highest BCUT2D eigenvalue weighted by Gasteiger charge is 2.12. The first-order valence-electron chi connectivity index (χ1n) is 5.53. The van der Waals surface area contributed by atoms with Gasteiger partial charge in [-0.15, -0.1) is 0 Å². The van der Waals surface area contributed by atoms with Crippen LogP contribution in [0.15, 0.2) is 22.7 Å². The van der Waals surface area contributed by atoms with Gasteiger partial charge in [0.1, 0.15) is 17.3 Å². The van der Waals surface area contributed by atoms with Crippen LogP contribution in [0, 0.1) is 20.8 Å². The SMILES string of the molecule is Cc1cnc2nc(-c3cc(C)oc3C)[nH]c2c1. The van der Waals surface area contributed by atoms with Gasteiger partial charge in [-0.25, -0.2) is 9.97 Å². The molecule has 0 aromatic carbocycles. The molecule has 1 N–H and O–H groups in total. The van der Waals surface area contributed by atoms with Gasteiger partial charge in [0.25, 0.3) is 0 Å². The molecule has 0 saturated carbocycles. The first kappa shape index (κ1) is 10.1. The predicted molar refractivity (Wildman–Crippen MR) is 65.8 cm³/mol. The number of aromatic nitrogens is 3. The van der Waals surface area contributed by atoms with Crippen LogP contribution < -0.4 is 0 Å². The van der Waals surface area contributed by atoms with Crippen LogP contribution in [0.2, 0.25) is 0 Å². The minimum absolute atomic E-state index is 0.740. The van der Waals surface area contributed by atoms with Crippen molar-refractivity contribution < 1.29 is 4.42 Å². The van der Waals surface area contributed by atoms with Crippen LogP contribution in [0.1, 0.15) is 17.1 Å². The van der Waals surface area contributed by atoms with E-state index in [1.54, 1.807) is 0 Å². The molecule has 3 heterocycles. The van der Waals surface area contributed by atoms with E-state index >= 15 is 0 Å². The number of hydrogen-bond donors (Lipinski definition) is 1. The van der Waals surface area contributed by atoms with Crippen molar-refractivity contribution >= 4 is 11.2 Å². The molecule has 3 rings (SSSR count). The van der Waals surface area contributed by atoms with E-state index in [1.165, 1.54) is 0 Å². The zero-order chi connectivity index (χ0) is 12.0. The van der Waals surface area contributed by atoms with Gasteiger partial charge in [-0.3, -0.25) is 0 Å². The number of fused-ring (bicyclic) bond motifs is 1. The van der Waals surface area contributed by atoms with Crippen molar-refractivity contribution in [3.05, 3.63) is 35.4 Å². The molecule has 3 aromatic heterocycles. The topological polar surface area (TPSA) is 54.7 Å². The fourth-order valence-corrected chi connectivity index (χ4v) is 2.00. The Hall–Kier alpha value is -2.10. The van der Waals surface area contributed by atoms with Crippen molar-refractivity contribution in [2.45, 2.75) is 20.8 Å². The third-order valence-corrected chi connectivity index (χ3v) is 2.77. The largest absolute Gasteiger partial charge is 0.466 e. The van der Waals surface area contributed by atoms with Crippen molar-refractivity contribution in [1.82, 2.24) is 15.0 Å². The van der Waals surface area contributed by atoms with Crippen LogP contribution in [0.25, 0.3) is 22.6 Å². The molecular weight excluding hydrogens is 214 g/mol. The summed E-state index contributed by atoms with van der Waals surface area (Å²) in [7, 11) is 0. The lowest BCUT2D eigenvalue weighted by Gasteiger charge is -1.90. The first-order valence-corrected chi connectivity index (χ1v) is 5.53. The summed E-state index contributed by atoms with van der Waals surface area (Å²) < 4.78 is 5.51. The lowest BCUT2D eigenvalue weighted by atomic mass is 10.2. The molecule has 3 aromatic rings. The monoisotopic (exact) mass is 227 g/mol. The quantitative estimate of drug-likeness (QED) is 0.694. The maximum absolute atomic E-state index is 5.51. The standard InChI is InChI=1S/C13H13N3O/c1-7-4-11-13(14-6-7)16-12(15-11)10-5-8(2)17-9(10)3/h4-6H,1-3H3,(H,14,15,16). The number of imidazole rings is 1. The molecule has 4 heteroatoms. The van der Waals surface area contributed by atoms with E-state index in [1.807, 2.05) is 39.1 Å². The molecule has 86 valence electrons. The van der Waals surface area contributed by atoms with Crippen LogP contribution in [0.4, 0.5) is 0 Å². The summed E-state index contributed by atoms with van der Waals surface area (Å²) in [6, 6.07) is 4.03. The second-order valence-corrected chi connectivity index (χ2v) is 4.30. The summed E-state index contributed by atoms with van der Waals surface area (Å²) in [4.78, 5) is 12.0. The molecular formula is C13H13N3O. The van der Waals surface area contributed by atoms with Crippen LogP contribution in [-0.4, -0.2) is 15.0 Å². The Morgan fingerprint density at radius 1 is 1.18 bits per heavy atom. The van der Waals surface area contributed by atoms with Crippen molar-refractivity contribution in [2.75, 3.05) is 0 Å². The summed E-state index contributed by atoms with van der Waals surface area (Å²) in [6.45, 7) is 5.88.